The number of benzene rings is 2. The largest absolute Gasteiger partial charge is 0.455 e. The number of rotatable bonds is 5. The fourth-order valence-corrected chi connectivity index (χ4v) is 2.18. The predicted octanol–water partition coefficient (Wildman–Crippen LogP) is 4.70. The Kier molecular flexibility index (Phi) is 6.07. The van der Waals surface area contributed by atoms with Gasteiger partial charge >= 0.3 is 5.97 Å². The second kappa shape index (κ2) is 8.03. The number of ether oxygens (including phenoxy) is 1. The maximum absolute atomic E-state index is 11.7. The topological polar surface area (TPSA) is 50.7 Å². The highest BCUT2D eigenvalue weighted by Gasteiger charge is 2.10. The van der Waals surface area contributed by atoms with E-state index in [1.54, 1.807) is 18.2 Å². The molecule has 22 heavy (non-hydrogen) atoms. The third-order valence-electron chi connectivity index (χ3n) is 2.53. The number of halogens is 3. The summed E-state index contributed by atoms with van der Waals surface area (Å²) in [6.45, 7) is 0.119. The average Bonchev–Trinajstić information content (AvgIpc) is 2.50. The number of hydrogen-bond donors (Lipinski definition) is 1. The summed E-state index contributed by atoms with van der Waals surface area (Å²) < 4.78 is 5.03. The summed E-state index contributed by atoms with van der Waals surface area (Å²) in [6.07, 6.45) is 0. The van der Waals surface area contributed by atoms with E-state index in [1.165, 1.54) is 0 Å². The van der Waals surface area contributed by atoms with Crippen LogP contribution in [0.2, 0.25) is 10.0 Å². The molecule has 0 saturated heterocycles. The lowest BCUT2D eigenvalue weighted by atomic mass is 10.2. The second-order valence-corrected chi connectivity index (χ2v) is 5.47. The maximum atomic E-state index is 11.7. The van der Waals surface area contributed by atoms with E-state index < -0.39 is 5.97 Å². The van der Waals surface area contributed by atoms with Gasteiger partial charge in [0, 0.05) is 10.0 Å². The van der Waals surface area contributed by atoms with Crippen LogP contribution in [0.15, 0.2) is 53.6 Å². The normalized spacial score (nSPS) is 11.1. The van der Waals surface area contributed by atoms with Crippen LogP contribution in [0.1, 0.15) is 5.56 Å². The van der Waals surface area contributed by atoms with Gasteiger partial charge in [-0.05, 0) is 23.8 Å². The van der Waals surface area contributed by atoms with Gasteiger partial charge in [-0.15, -0.1) is 0 Å². The molecule has 2 rings (SSSR count). The Morgan fingerprint density at radius 3 is 2.36 bits per heavy atom. The van der Waals surface area contributed by atoms with Crippen LogP contribution < -0.4 is 5.43 Å². The molecule has 0 unspecified atom stereocenters. The number of carbonyl (C=O) groups excluding carboxylic acids is 1. The van der Waals surface area contributed by atoms with Crippen molar-refractivity contribution in [3.63, 3.8) is 0 Å². The minimum absolute atomic E-state index is 0.119. The van der Waals surface area contributed by atoms with E-state index in [1.807, 2.05) is 30.3 Å². The smallest absolute Gasteiger partial charge is 0.371 e. The number of nitrogens with one attached hydrogen (secondary N) is 1. The van der Waals surface area contributed by atoms with Gasteiger partial charge < -0.3 is 4.74 Å². The monoisotopic (exact) mass is 356 g/mol. The van der Waals surface area contributed by atoms with Gasteiger partial charge in [-0.2, -0.15) is 5.10 Å². The van der Waals surface area contributed by atoms with E-state index in [2.05, 4.69) is 10.5 Å². The molecular formula is C15H11Cl3N2O2. The molecule has 0 amide bonds. The number of anilines is 1. The maximum Gasteiger partial charge on any atom is 0.371 e. The molecule has 2 aromatic rings. The lowest BCUT2D eigenvalue weighted by molar-refractivity contribution is -0.136. The molecule has 1 N–H and O–H groups in total. The molecule has 0 bridgehead atoms. The molecule has 0 atom stereocenters. The van der Waals surface area contributed by atoms with Crippen LogP contribution in [-0.2, 0) is 16.1 Å². The van der Waals surface area contributed by atoms with Crippen LogP contribution in [0.3, 0.4) is 0 Å². The minimum atomic E-state index is -0.730. The molecule has 0 aliphatic carbocycles. The number of esters is 1. The zero-order valence-corrected chi connectivity index (χ0v) is 13.5. The van der Waals surface area contributed by atoms with E-state index in [-0.39, 0.29) is 11.8 Å². The van der Waals surface area contributed by atoms with Gasteiger partial charge in [0.05, 0.1) is 5.69 Å². The van der Waals surface area contributed by atoms with Gasteiger partial charge in [-0.1, -0.05) is 65.1 Å². The zero-order chi connectivity index (χ0) is 15.9. The van der Waals surface area contributed by atoms with Gasteiger partial charge in [0.25, 0.3) is 0 Å². The first-order valence-electron chi connectivity index (χ1n) is 6.21. The summed E-state index contributed by atoms with van der Waals surface area (Å²) in [4.78, 5) is 11.7. The van der Waals surface area contributed by atoms with Gasteiger partial charge in [0.15, 0.2) is 0 Å². The van der Waals surface area contributed by atoms with Crippen molar-refractivity contribution in [2.75, 3.05) is 5.43 Å². The average molecular weight is 358 g/mol. The van der Waals surface area contributed by atoms with Crippen LogP contribution in [0.4, 0.5) is 5.69 Å². The van der Waals surface area contributed by atoms with Crippen molar-refractivity contribution < 1.29 is 9.53 Å². The molecule has 7 heteroatoms. The Balaban J connectivity index is 1.92. The predicted molar refractivity (Wildman–Crippen MR) is 89.6 cm³/mol. The Labute approximate surface area is 142 Å². The molecule has 0 aromatic heterocycles. The second-order valence-electron chi connectivity index (χ2n) is 4.23. The molecule has 0 spiro atoms. The van der Waals surface area contributed by atoms with Crippen LogP contribution in [-0.4, -0.2) is 11.1 Å². The number of hydrazone groups is 1. The SMILES string of the molecule is O=C(OCc1ccccc1)/C(Cl)=N\Nc1cc(Cl)cc(Cl)c1. The van der Waals surface area contributed by atoms with Crippen molar-refractivity contribution in [3.8, 4) is 0 Å². The van der Waals surface area contributed by atoms with Crippen LogP contribution >= 0.6 is 34.8 Å². The highest BCUT2D eigenvalue weighted by molar-refractivity contribution is 6.82. The molecule has 4 nitrogen and oxygen atoms in total. The summed E-state index contributed by atoms with van der Waals surface area (Å²) in [5, 5.41) is 4.28. The molecule has 0 aliphatic rings. The van der Waals surface area contributed by atoms with Crippen molar-refractivity contribution in [2.45, 2.75) is 6.61 Å². The Morgan fingerprint density at radius 2 is 1.73 bits per heavy atom. The third-order valence-corrected chi connectivity index (χ3v) is 3.20. The number of nitrogens with zero attached hydrogens (tertiary/aromatic N) is 1. The van der Waals surface area contributed by atoms with E-state index in [9.17, 15) is 4.79 Å². The zero-order valence-electron chi connectivity index (χ0n) is 11.2. The van der Waals surface area contributed by atoms with Crippen LogP contribution in [0.25, 0.3) is 0 Å². The Hall–Kier alpha value is -1.75. The van der Waals surface area contributed by atoms with E-state index >= 15 is 0 Å². The molecule has 0 fully saturated rings. The highest BCUT2D eigenvalue weighted by Crippen LogP contribution is 2.22. The molecule has 0 radical (unpaired) electrons. The van der Waals surface area contributed by atoms with Crippen molar-refractivity contribution in [1.82, 2.24) is 0 Å². The molecule has 114 valence electrons. The standard InChI is InChI=1S/C15H11Cl3N2O2/c16-11-6-12(17)8-13(7-11)19-20-14(18)15(21)22-9-10-4-2-1-3-5-10/h1-8,19H,9H2/b20-14+. The lowest BCUT2D eigenvalue weighted by Crippen LogP contribution is -2.13. The van der Waals surface area contributed by atoms with Crippen molar-refractivity contribution in [1.29, 1.82) is 0 Å². The first kappa shape index (κ1) is 16.6. The van der Waals surface area contributed by atoms with Gasteiger partial charge in [0.2, 0.25) is 5.17 Å². The molecule has 0 saturated carbocycles. The summed E-state index contributed by atoms with van der Waals surface area (Å²) in [5.41, 5.74) is 3.95. The summed E-state index contributed by atoms with van der Waals surface area (Å²) in [6, 6.07) is 14.0. The fourth-order valence-electron chi connectivity index (χ4n) is 1.56. The van der Waals surface area contributed by atoms with E-state index in [0.29, 0.717) is 15.7 Å². The molecule has 0 heterocycles. The van der Waals surface area contributed by atoms with E-state index in [0.717, 1.165) is 5.56 Å². The first-order chi connectivity index (χ1) is 10.5. The summed E-state index contributed by atoms with van der Waals surface area (Å²) >= 11 is 17.5. The van der Waals surface area contributed by atoms with E-state index in [4.69, 9.17) is 39.5 Å². The summed E-state index contributed by atoms with van der Waals surface area (Å²) in [5.74, 6) is -0.730. The first-order valence-corrected chi connectivity index (χ1v) is 7.34. The van der Waals surface area contributed by atoms with Crippen LogP contribution in [0, 0.1) is 0 Å². The molecule has 0 aliphatic heterocycles. The van der Waals surface area contributed by atoms with Gasteiger partial charge in [-0.25, -0.2) is 4.79 Å². The molecular weight excluding hydrogens is 347 g/mol. The Bertz CT molecular complexity index is 670. The minimum Gasteiger partial charge on any atom is -0.455 e. The third kappa shape index (κ3) is 5.22. The quantitative estimate of drug-likeness (QED) is 0.479. The highest BCUT2D eigenvalue weighted by atomic mass is 35.5. The fraction of sp³-hybridized carbons (Fsp3) is 0.0667. The van der Waals surface area contributed by atoms with Gasteiger partial charge in [0.1, 0.15) is 6.61 Å². The number of carbonyl (C=O) groups is 1. The van der Waals surface area contributed by atoms with Crippen molar-refractivity contribution in [2.24, 2.45) is 5.10 Å². The number of hydrogen-bond acceptors (Lipinski definition) is 4. The van der Waals surface area contributed by atoms with Crippen molar-refractivity contribution in [3.05, 3.63) is 64.1 Å². The molecule has 2 aromatic carbocycles. The van der Waals surface area contributed by atoms with Crippen molar-refractivity contribution >= 4 is 51.6 Å². The Morgan fingerprint density at radius 1 is 1.09 bits per heavy atom. The summed E-state index contributed by atoms with van der Waals surface area (Å²) in [7, 11) is 0. The van der Waals surface area contributed by atoms with Crippen LogP contribution in [0.5, 0.6) is 0 Å². The van der Waals surface area contributed by atoms with Gasteiger partial charge in [-0.3, -0.25) is 5.43 Å². The lowest BCUT2D eigenvalue weighted by Gasteiger charge is -2.05.